The lowest BCUT2D eigenvalue weighted by molar-refractivity contribution is -0.0109. The van der Waals surface area contributed by atoms with E-state index in [1.54, 1.807) is 0 Å². The summed E-state index contributed by atoms with van der Waals surface area (Å²) < 4.78 is 32.3. The number of carbonyl (C=O) groups is 1. The number of ether oxygens (including phenoxy) is 6. The van der Waals surface area contributed by atoms with Gasteiger partial charge in [-0.3, -0.25) is 0 Å². The van der Waals surface area contributed by atoms with Gasteiger partial charge in [0.25, 0.3) is 0 Å². The first kappa shape index (κ1) is 27.1. The standard InChI is InChI=1S/C21H42N2O7/c1-21(2,3)30-20(24)23-8-10-26-12-14-28-16-18-29-17-15-27-13-11-25-9-7-22-19-5-4-6-19/h19,22H,4-18H2,1-3H3,(H,23,24). The molecule has 0 aliphatic heterocycles. The molecule has 1 saturated carbocycles. The lowest BCUT2D eigenvalue weighted by Crippen LogP contribution is -2.37. The second-order valence-electron chi connectivity index (χ2n) is 8.07. The number of carbonyl (C=O) groups excluding carboxylic acids is 1. The molecule has 1 aliphatic carbocycles. The number of hydrogen-bond acceptors (Lipinski definition) is 8. The van der Waals surface area contributed by atoms with Gasteiger partial charge in [0.1, 0.15) is 5.60 Å². The van der Waals surface area contributed by atoms with Gasteiger partial charge in [-0.25, -0.2) is 4.79 Å². The van der Waals surface area contributed by atoms with Gasteiger partial charge < -0.3 is 39.1 Å². The van der Waals surface area contributed by atoms with Gasteiger partial charge in [0.2, 0.25) is 0 Å². The average Bonchev–Trinajstić information content (AvgIpc) is 2.63. The van der Waals surface area contributed by atoms with Crippen molar-refractivity contribution in [2.75, 3.05) is 79.2 Å². The molecule has 0 atom stereocenters. The van der Waals surface area contributed by atoms with Crippen molar-refractivity contribution in [1.82, 2.24) is 10.6 Å². The van der Waals surface area contributed by atoms with Crippen LogP contribution >= 0.6 is 0 Å². The molecule has 0 aromatic rings. The maximum atomic E-state index is 11.4. The van der Waals surface area contributed by atoms with Crippen LogP contribution in [0.15, 0.2) is 0 Å². The van der Waals surface area contributed by atoms with Crippen molar-refractivity contribution in [1.29, 1.82) is 0 Å². The van der Waals surface area contributed by atoms with Crippen LogP contribution < -0.4 is 10.6 Å². The Morgan fingerprint density at radius 2 is 1.17 bits per heavy atom. The molecule has 0 radical (unpaired) electrons. The SMILES string of the molecule is CC(C)(C)OC(=O)NCCOCCOCCOCCOCCOCCNC1CCC1. The van der Waals surface area contributed by atoms with Crippen LogP contribution in [0.3, 0.4) is 0 Å². The van der Waals surface area contributed by atoms with Crippen LogP contribution in [0.25, 0.3) is 0 Å². The molecule has 30 heavy (non-hydrogen) atoms. The number of rotatable bonds is 19. The molecule has 2 N–H and O–H groups in total. The highest BCUT2D eigenvalue weighted by Gasteiger charge is 2.16. The van der Waals surface area contributed by atoms with Crippen LogP contribution in [0.1, 0.15) is 40.0 Å². The van der Waals surface area contributed by atoms with Crippen molar-refractivity contribution in [3.05, 3.63) is 0 Å². The Morgan fingerprint density at radius 3 is 1.57 bits per heavy atom. The average molecular weight is 435 g/mol. The fourth-order valence-corrected chi connectivity index (χ4v) is 2.47. The minimum absolute atomic E-state index is 0.403. The Balaban J connectivity index is 1.66. The molecule has 0 aromatic carbocycles. The van der Waals surface area contributed by atoms with Crippen molar-refractivity contribution >= 4 is 6.09 Å². The number of alkyl carbamates (subject to hydrolysis) is 1. The topological polar surface area (TPSA) is 96.5 Å². The molecule has 0 heterocycles. The summed E-state index contributed by atoms with van der Waals surface area (Å²) in [6.45, 7) is 12.2. The third-order valence-electron chi connectivity index (χ3n) is 4.19. The summed E-state index contributed by atoms with van der Waals surface area (Å²) in [4.78, 5) is 11.4. The van der Waals surface area contributed by atoms with Crippen LogP contribution in [-0.2, 0) is 28.4 Å². The molecule has 9 nitrogen and oxygen atoms in total. The van der Waals surface area contributed by atoms with Gasteiger partial charge >= 0.3 is 6.09 Å². The summed E-state index contributed by atoms with van der Waals surface area (Å²) in [5.41, 5.74) is -0.493. The monoisotopic (exact) mass is 434 g/mol. The Bertz CT molecular complexity index is 415. The Morgan fingerprint density at radius 1 is 0.733 bits per heavy atom. The zero-order chi connectivity index (χ0) is 21.9. The zero-order valence-corrected chi connectivity index (χ0v) is 19.0. The molecule has 0 bridgehead atoms. The van der Waals surface area contributed by atoms with E-state index < -0.39 is 11.7 Å². The molecule has 1 fully saturated rings. The van der Waals surface area contributed by atoms with Crippen molar-refractivity contribution in [3.63, 3.8) is 0 Å². The van der Waals surface area contributed by atoms with Crippen LogP contribution in [-0.4, -0.2) is 96.9 Å². The van der Waals surface area contributed by atoms with Crippen molar-refractivity contribution in [3.8, 4) is 0 Å². The molecule has 0 aromatic heterocycles. The lowest BCUT2D eigenvalue weighted by atomic mass is 9.93. The van der Waals surface area contributed by atoms with Crippen molar-refractivity contribution in [2.45, 2.75) is 51.7 Å². The second-order valence-corrected chi connectivity index (χ2v) is 8.07. The molecular formula is C21H42N2O7. The van der Waals surface area contributed by atoms with Gasteiger partial charge in [-0.05, 0) is 33.6 Å². The third-order valence-corrected chi connectivity index (χ3v) is 4.19. The van der Waals surface area contributed by atoms with E-state index in [0.717, 1.165) is 13.2 Å². The van der Waals surface area contributed by atoms with Crippen molar-refractivity contribution in [2.24, 2.45) is 0 Å². The first-order valence-electron chi connectivity index (χ1n) is 11.1. The van der Waals surface area contributed by atoms with Gasteiger partial charge in [-0.15, -0.1) is 0 Å². The number of hydrogen-bond donors (Lipinski definition) is 2. The van der Waals surface area contributed by atoms with Gasteiger partial charge in [-0.1, -0.05) is 6.42 Å². The van der Waals surface area contributed by atoms with Gasteiger partial charge in [0.05, 0.1) is 66.1 Å². The minimum Gasteiger partial charge on any atom is -0.444 e. The Kier molecular flexibility index (Phi) is 16.0. The first-order chi connectivity index (χ1) is 14.5. The first-order valence-corrected chi connectivity index (χ1v) is 11.1. The molecule has 1 amide bonds. The van der Waals surface area contributed by atoms with Crippen molar-refractivity contribution < 1.29 is 33.2 Å². The highest BCUT2D eigenvalue weighted by Crippen LogP contribution is 2.17. The largest absolute Gasteiger partial charge is 0.444 e. The Labute approximate surface area is 181 Å². The van der Waals surface area contributed by atoms with Gasteiger partial charge in [0.15, 0.2) is 0 Å². The van der Waals surface area contributed by atoms with E-state index in [4.69, 9.17) is 28.4 Å². The van der Waals surface area contributed by atoms with E-state index in [0.29, 0.717) is 72.0 Å². The fraction of sp³-hybridized carbons (Fsp3) is 0.952. The Hall–Kier alpha value is -0.970. The van der Waals surface area contributed by atoms with E-state index in [-0.39, 0.29) is 0 Å². The van der Waals surface area contributed by atoms with Crippen LogP contribution in [0.4, 0.5) is 4.79 Å². The van der Waals surface area contributed by atoms with Crippen LogP contribution in [0, 0.1) is 0 Å². The predicted molar refractivity (Wildman–Crippen MR) is 114 cm³/mol. The molecule has 0 spiro atoms. The van der Waals surface area contributed by atoms with E-state index in [9.17, 15) is 4.79 Å². The summed E-state index contributed by atoms with van der Waals surface area (Å²) in [5, 5.41) is 6.09. The molecule has 0 unspecified atom stereocenters. The van der Waals surface area contributed by atoms with E-state index in [1.165, 1.54) is 19.3 Å². The molecule has 1 rings (SSSR count). The molecule has 0 saturated heterocycles. The predicted octanol–water partition coefficient (Wildman–Crippen LogP) is 1.74. The lowest BCUT2D eigenvalue weighted by Gasteiger charge is -2.26. The minimum atomic E-state index is -0.493. The smallest absolute Gasteiger partial charge is 0.407 e. The quantitative estimate of drug-likeness (QED) is 0.297. The maximum Gasteiger partial charge on any atom is 0.407 e. The molecule has 1 aliphatic rings. The van der Waals surface area contributed by atoms with Crippen LogP contribution in [0.2, 0.25) is 0 Å². The summed E-state index contributed by atoms with van der Waals surface area (Å²) in [6, 6.07) is 0.714. The van der Waals surface area contributed by atoms with E-state index in [1.807, 2.05) is 20.8 Å². The molecule has 178 valence electrons. The highest BCUT2D eigenvalue weighted by molar-refractivity contribution is 5.67. The van der Waals surface area contributed by atoms with Gasteiger partial charge in [-0.2, -0.15) is 0 Å². The molecular weight excluding hydrogens is 392 g/mol. The van der Waals surface area contributed by atoms with E-state index in [2.05, 4.69) is 10.6 Å². The highest BCUT2D eigenvalue weighted by atomic mass is 16.6. The number of nitrogens with one attached hydrogen (secondary N) is 2. The summed E-state index contributed by atoms with van der Waals surface area (Å²) in [5.74, 6) is 0. The third kappa shape index (κ3) is 17.9. The molecule has 9 heteroatoms. The fourth-order valence-electron chi connectivity index (χ4n) is 2.47. The van der Waals surface area contributed by atoms with Gasteiger partial charge in [0, 0.05) is 19.1 Å². The maximum absolute atomic E-state index is 11.4. The normalized spacial score (nSPS) is 14.5. The summed E-state index contributed by atoms with van der Waals surface area (Å²) in [6.07, 6.45) is 3.52. The summed E-state index contributed by atoms with van der Waals surface area (Å²) >= 11 is 0. The number of amides is 1. The summed E-state index contributed by atoms with van der Waals surface area (Å²) in [7, 11) is 0. The van der Waals surface area contributed by atoms with E-state index >= 15 is 0 Å². The van der Waals surface area contributed by atoms with Crippen LogP contribution in [0.5, 0.6) is 0 Å². The zero-order valence-electron chi connectivity index (χ0n) is 19.0. The second kappa shape index (κ2) is 17.7.